The number of hydrogen-bond acceptors (Lipinski definition) is 8. The van der Waals surface area contributed by atoms with Crippen LogP contribution in [-0.2, 0) is 9.53 Å². The number of carbonyl (C=O) groups excluding carboxylic acids is 1. The minimum absolute atomic E-state index is 0.0723. The smallest absolute Gasteiger partial charge is 0.241 e. The van der Waals surface area contributed by atoms with E-state index in [9.17, 15) is 4.79 Å². The summed E-state index contributed by atoms with van der Waals surface area (Å²) in [6.45, 7) is 2.79. The van der Waals surface area contributed by atoms with Gasteiger partial charge in [-0.1, -0.05) is 0 Å². The zero-order chi connectivity index (χ0) is 14.5. The number of nitrogens with one attached hydrogen (secondary N) is 1. The average molecular weight is 281 g/mol. The normalized spacial score (nSPS) is 15.0. The van der Waals surface area contributed by atoms with E-state index in [-0.39, 0.29) is 18.4 Å². The summed E-state index contributed by atoms with van der Waals surface area (Å²) in [5, 5.41) is 2.85. The van der Waals surface area contributed by atoms with Gasteiger partial charge < -0.3 is 25.6 Å². The predicted molar refractivity (Wildman–Crippen MR) is 74.5 cm³/mol. The Balaban J connectivity index is 2.06. The van der Waals surface area contributed by atoms with Crippen molar-refractivity contribution in [1.29, 1.82) is 0 Å². The van der Waals surface area contributed by atoms with E-state index in [2.05, 4.69) is 20.3 Å². The first-order valence-electron chi connectivity index (χ1n) is 6.34. The molecular weight excluding hydrogens is 262 g/mol. The highest BCUT2D eigenvalue weighted by atomic mass is 16.5. The molecule has 1 aromatic rings. The Morgan fingerprint density at radius 3 is 2.70 bits per heavy atom. The molecule has 1 aromatic heterocycles. The number of anilines is 3. The van der Waals surface area contributed by atoms with Crippen LogP contribution >= 0.6 is 0 Å². The second-order valence-electron chi connectivity index (χ2n) is 4.56. The maximum Gasteiger partial charge on any atom is 0.241 e. The molecule has 0 unspecified atom stereocenters. The summed E-state index contributed by atoms with van der Waals surface area (Å²) in [5.41, 5.74) is 5.68. The molecule has 9 heteroatoms. The van der Waals surface area contributed by atoms with Crippen molar-refractivity contribution in [2.45, 2.75) is 0 Å². The van der Waals surface area contributed by atoms with Gasteiger partial charge in [0.2, 0.25) is 23.8 Å². The molecular formula is C11H19N7O2. The van der Waals surface area contributed by atoms with Gasteiger partial charge in [0.25, 0.3) is 0 Å². The highest BCUT2D eigenvalue weighted by Crippen LogP contribution is 2.13. The van der Waals surface area contributed by atoms with Crippen LogP contribution < -0.4 is 16.0 Å². The third-order valence-electron chi connectivity index (χ3n) is 2.83. The number of carbonyl (C=O) groups is 1. The largest absolute Gasteiger partial charge is 0.378 e. The predicted octanol–water partition coefficient (Wildman–Crippen LogP) is -1.21. The second kappa shape index (κ2) is 6.33. The molecule has 1 amide bonds. The topological polar surface area (TPSA) is 110 Å². The number of nitrogen functional groups attached to an aromatic ring is 1. The quantitative estimate of drug-likeness (QED) is 0.707. The first-order chi connectivity index (χ1) is 9.56. The number of nitrogens with two attached hydrogens (primary N) is 1. The van der Waals surface area contributed by atoms with Crippen LogP contribution in [0.25, 0.3) is 0 Å². The molecule has 0 bridgehead atoms. The van der Waals surface area contributed by atoms with Crippen LogP contribution in [0.2, 0.25) is 0 Å². The van der Waals surface area contributed by atoms with E-state index in [1.807, 2.05) is 4.90 Å². The molecule has 2 heterocycles. The lowest BCUT2D eigenvalue weighted by atomic mass is 10.4. The van der Waals surface area contributed by atoms with Gasteiger partial charge in [0.05, 0.1) is 19.8 Å². The monoisotopic (exact) mass is 281 g/mol. The fourth-order valence-corrected chi connectivity index (χ4v) is 1.68. The molecule has 3 N–H and O–H groups in total. The maximum absolute atomic E-state index is 11.5. The van der Waals surface area contributed by atoms with Gasteiger partial charge >= 0.3 is 0 Å². The highest BCUT2D eigenvalue weighted by molar-refractivity contribution is 5.79. The van der Waals surface area contributed by atoms with E-state index in [4.69, 9.17) is 10.5 Å². The Kier molecular flexibility index (Phi) is 4.51. The molecule has 2 rings (SSSR count). The molecule has 1 aliphatic rings. The van der Waals surface area contributed by atoms with Crippen LogP contribution in [0, 0.1) is 0 Å². The zero-order valence-electron chi connectivity index (χ0n) is 11.7. The number of ether oxygens (including phenoxy) is 1. The first kappa shape index (κ1) is 14.3. The van der Waals surface area contributed by atoms with E-state index in [0.29, 0.717) is 38.2 Å². The van der Waals surface area contributed by atoms with Crippen LogP contribution in [-0.4, -0.2) is 72.7 Å². The van der Waals surface area contributed by atoms with Crippen molar-refractivity contribution in [3.63, 3.8) is 0 Å². The van der Waals surface area contributed by atoms with E-state index in [1.165, 1.54) is 4.90 Å². The van der Waals surface area contributed by atoms with Crippen LogP contribution in [0.4, 0.5) is 17.8 Å². The number of nitrogens with zero attached hydrogens (tertiary/aromatic N) is 5. The maximum atomic E-state index is 11.5. The van der Waals surface area contributed by atoms with Crippen molar-refractivity contribution in [1.82, 2.24) is 19.9 Å². The Morgan fingerprint density at radius 2 is 2.05 bits per heavy atom. The van der Waals surface area contributed by atoms with Gasteiger partial charge in [-0.2, -0.15) is 15.0 Å². The van der Waals surface area contributed by atoms with E-state index < -0.39 is 0 Å². The lowest BCUT2D eigenvalue weighted by molar-refractivity contribution is -0.126. The van der Waals surface area contributed by atoms with Crippen molar-refractivity contribution < 1.29 is 9.53 Å². The Labute approximate surface area is 117 Å². The number of amides is 1. The standard InChI is InChI=1S/C11H19N7O2/c1-17(2)8(19)7-13-10-14-9(12)15-11(16-10)18-3-5-20-6-4-18/h3-7H2,1-2H3,(H3,12,13,14,15,16). The van der Waals surface area contributed by atoms with E-state index in [0.717, 1.165) is 0 Å². The Bertz CT molecular complexity index is 474. The number of likely N-dealkylation sites (N-methyl/N-ethyl adjacent to an activating group) is 1. The Hall–Kier alpha value is -2.16. The number of morpholine rings is 1. The van der Waals surface area contributed by atoms with Gasteiger partial charge in [-0.3, -0.25) is 4.79 Å². The van der Waals surface area contributed by atoms with E-state index in [1.54, 1.807) is 14.1 Å². The number of aromatic nitrogens is 3. The lowest BCUT2D eigenvalue weighted by Gasteiger charge is -2.26. The molecule has 1 fully saturated rings. The second-order valence-corrected chi connectivity index (χ2v) is 4.56. The van der Waals surface area contributed by atoms with Gasteiger partial charge in [-0.05, 0) is 0 Å². The summed E-state index contributed by atoms with van der Waals surface area (Å²) in [5.74, 6) is 0.855. The van der Waals surface area contributed by atoms with Gasteiger partial charge in [-0.25, -0.2) is 0 Å². The summed E-state index contributed by atoms with van der Waals surface area (Å²) in [4.78, 5) is 27.3. The molecule has 20 heavy (non-hydrogen) atoms. The molecule has 1 aliphatic heterocycles. The molecule has 0 aromatic carbocycles. The summed E-state index contributed by atoms with van der Waals surface area (Å²) in [6.07, 6.45) is 0. The third-order valence-corrected chi connectivity index (χ3v) is 2.83. The van der Waals surface area contributed by atoms with Gasteiger partial charge in [0.15, 0.2) is 0 Å². The van der Waals surface area contributed by atoms with Gasteiger partial charge in [0.1, 0.15) is 0 Å². The van der Waals surface area contributed by atoms with Crippen LogP contribution in [0.1, 0.15) is 0 Å². The summed E-state index contributed by atoms with van der Waals surface area (Å²) >= 11 is 0. The minimum Gasteiger partial charge on any atom is -0.378 e. The molecule has 0 aliphatic carbocycles. The minimum atomic E-state index is -0.0723. The summed E-state index contributed by atoms with van der Waals surface area (Å²) < 4.78 is 5.28. The van der Waals surface area contributed by atoms with Crippen molar-refractivity contribution in [3.8, 4) is 0 Å². The van der Waals surface area contributed by atoms with Crippen molar-refractivity contribution in [3.05, 3.63) is 0 Å². The van der Waals surface area contributed by atoms with Crippen LogP contribution in [0.5, 0.6) is 0 Å². The lowest BCUT2D eigenvalue weighted by Crippen LogP contribution is -2.37. The number of hydrogen-bond donors (Lipinski definition) is 2. The Morgan fingerprint density at radius 1 is 1.35 bits per heavy atom. The number of rotatable bonds is 4. The molecule has 0 spiro atoms. The van der Waals surface area contributed by atoms with E-state index >= 15 is 0 Å². The molecule has 9 nitrogen and oxygen atoms in total. The van der Waals surface area contributed by atoms with Gasteiger partial charge in [0, 0.05) is 27.2 Å². The molecule has 0 saturated carbocycles. The third kappa shape index (κ3) is 3.67. The van der Waals surface area contributed by atoms with Crippen LogP contribution in [0.15, 0.2) is 0 Å². The highest BCUT2D eigenvalue weighted by Gasteiger charge is 2.16. The van der Waals surface area contributed by atoms with Gasteiger partial charge in [-0.15, -0.1) is 0 Å². The molecule has 0 atom stereocenters. The van der Waals surface area contributed by atoms with Crippen molar-refractivity contribution in [2.75, 3.05) is 62.9 Å². The summed E-state index contributed by atoms with van der Waals surface area (Å²) in [7, 11) is 3.37. The molecule has 1 saturated heterocycles. The molecule has 110 valence electrons. The van der Waals surface area contributed by atoms with Crippen molar-refractivity contribution >= 4 is 23.8 Å². The zero-order valence-corrected chi connectivity index (χ0v) is 11.7. The average Bonchev–Trinajstić information content (AvgIpc) is 2.45. The molecule has 0 radical (unpaired) electrons. The first-order valence-corrected chi connectivity index (χ1v) is 6.34. The fraction of sp³-hybridized carbons (Fsp3) is 0.636. The fourth-order valence-electron chi connectivity index (χ4n) is 1.68. The SMILES string of the molecule is CN(C)C(=O)CNc1nc(N)nc(N2CCOCC2)n1. The van der Waals surface area contributed by atoms with Crippen molar-refractivity contribution in [2.24, 2.45) is 0 Å². The van der Waals surface area contributed by atoms with Crippen LogP contribution in [0.3, 0.4) is 0 Å². The summed E-state index contributed by atoms with van der Waals surface area (Å²) in [6, 6.07) is 0.